The molecule has 0 unspecified atom stereocenters. The number of halogens is 1. The van der Waals surface area contributed by atoms with Crippen molar-refractivity contribution < 1.29 is 14.3 Å². The molecule has 0 aliphatic carbocycles. The second-order valence-corrected chi connectivity index (χ2v) is 8.62. The summed E-state index contributed by atoms with van der Waals surface area (Å²) in [6.07, 6.45) is 2.45. The maximum atomic E-state index is 14.2. The first-order valence-corrected chi connectivity index (χ1v) is 11.9. The Morgan fingerprint density at radius 3 is 2.06 bits per heavy atom. The van der Waals surface area contributed by atoms with Crippen LogP contribution in [0.25, 0.3) is 11.1 Å². The summed E-state index contributed by atoms with van der Waals surface area (Å²) in [6.45, 7) is 2.04. The average molecular weight is 473 g/mol. The summed E-state index contributed by atoms with van der Waals surface area (Å²) in [5, 5.41) is 9.49. The number of aromatic carboxylic acids is 1. The molecule has 0 amide bonds. The molecule has 0 radical (unpaired) electrons. The number of imidazole rings is 1. The molecule has 0 saturated carbocycles. The molecule has 0 bridgehead atoms. The summed E-state index contributed by atoms with van der Waals surface area (Å²) in [5.74, 6) is -0.977. The van der Waals surface area contributed by atoms with E-state index in [9.17, 15) is 19.1 Å². The lowest BCUT2D eigenvalue weighted by Gasteiger charge is -2.10. The highest BCUT2D eigenvalue weighted by molar-refractivity contribution is 5.95. The van der Waals surface area contributed by atoms with Gasteiger partial charge in [0, 0.05) is 5.69 Å². The summed E-state index contributed by atoms with van der Waals surface area (Å²) in [5.41, 5.74) is 4.48. The van der Waals surface area contributed by atoms with Crippen LogP contribution in [0, 0.1) is 0 Å². The third-order valence-electron chi connectivity index (χ3n) is 6.29. The molecule has 0 fully saturated rings. The van der Waals surface area contributed by atoms with Crippen molar-refractivity contribution in [3.8, 4) is 11.1 Å². The van der Waals surface area contributed by atoms with E-state index in [1.54, 1.807) is 27.3 Å². The van der Waals surface area contributed by atoms with Gasteiger partial charge in [0.05, 0.1) is 24.3 Å². The molecule has 1 N–H and O–H groups in total. The normalized spacial score (nSPS) is 11.0. The number of carboxylic acid groups (broad SMARTS) is 1. The van der Waals surface area contributed by atoms with Crippen LogP contribution in [0.3, 0.4) is 0 Å². The molecule has 0 saturated heterocycles. The highest BCUT2D eigenvalue weighted by Crippen LogP contribution is 2.25. The fourth-order valence-electron chi connectivity index (χ4n) is 4.45. The molecule has 180 valence electrons. The van der Waals surface area contributed by atoms with Gasteiger partial charge in [0.1, 0.15) is 6.67 Å². The lowest BCUT2D eigenvalue weighted by Crippen LogP contribution is -2.26. The van der Waals surface area contributed by atoms with Gasteiger partial charge < -0.3 is 5.11 Å². The van der Waals surface area contributed by atoms with E-state index in [1.807, 2.05) is 60.7 Å². The topological polar surface area (TPSA) is 64.2 Å². The van der Waals surface area contributed by atoms with Crippen molar-refractivity contribution in [2.75, 3.05) is 0 Å². The van der Waals surface area contributed by atoms with Crippen molar-refractivity contribution in [2.24, 2.45) is 0 Å². The second kappa shape index (κ2) is 11.0. The SMILES string of the molecule is CCCCc1c(CF)n(Cc2ccccc2)c(=O)n1Cc1ccc(-c2ccccc2C(=O)O)cc1. The third-order valence-corrected chi connectivity index (χ3v) is 6.29. The quantitative estimate of drug-likeness (QED) is 0.311. The summed E-state index contributed by atoms with van der Waals surface area (Å²) in [6, 6.07) is 24.0. The molecule has 6 heteroatoms. The van der Waals surface area contributed by atoms with Gasteiger partial charge in [-0.25, -0.2) is 14.0 Å². The maximum absolute atomic E-state index is 14.2. The number of hydrogen-bond acceptors (Lipinski definition) is 2. The molecule has 35 heavy (non-hydrogen) atoms. The maximum Gasteiger partial charge on any atom is 0.336 e. The Morgan fingerprint density at radius 2 is 1.43 bits per heavy atom. The highest BCUT2D eigenvalue weighted by Gasteiger charge is 2.20. The molecule has 0 aliphatic heterocycles. The number of carbonyl (C=O) groups is 1. The van der Waals surface area contributed by atoms with Gasteiger partial charge in [-0.15, -0.1) is 0 Å². The summed E-state index contributed by atoms with van der Waals surface area (Å²) < 4.78 is 17.5. The first-order valence-electron chi connectivity index (χ1n) is 11.9. The van der Waals surface area contributed by atoms with Crippen LogP contribution in [-0.4, -0.2) is 20.2 Å². The van der Waals surface area contributed by atoms with Crippen molar-refractivity contribution in [3.63, 3.8) is 0 Å². The van der Waals surface area contributed by atoms with E-state index >= 15 is 0 Å². The van der Waals surface area contributed by atoms with E-state index in [1.165, 1.54) is 0 Å². The Balaban J connectivity index is 1.69. The number of nitrogens with zero attached hydrogens (tertiary/aromatic N) is 2. The fourth-order valence-corrected chi connectivity index (χ4v) is 4.45. The van der Waals surface area contributed by atoms with Gasteiger partial charge in [0.2, 0.25) is 0 Å². The van der Waals surface area contributed by atoms with Crippen LogP contribution in [0.1, 0.15) is 52.6 Å². The number of benzene rings is 3. The highest BCUT2D eigenvalue weighted by atomic mass is 19.1. The van der Waals surface area contributed by atoms with Crippen LogP contribution in [-0.2, 0) is 26.2 Å². The lowest BCUT2D eigenvalue weighted by molar-refractivity contribution is 0.0697. The first-order chi connectivity index (χ1) is 17.0. The molecule has 0 atom stereocenters. The number of aromatic nitrogens is 2. The van der Waals surface area contributed by atoms with Gasteiger partial charge in [-0.05, 0) is 41.2 Å². The molecule has 0 spiro atoms. The van der Waals surface area contributed by atoms with Crippen LogP contribution in [0.2, 0.25) is 0 Å². The standard InChI is InChI=1S/C29H29FN2O3/c1-2-3-13-26-27(18-30)32(19-21-9-5-4-6-10-21)29(35)31(26)20-22-14-16-23(17-15-22)24-11-7-8-12-25(24)28(33)34/h4-12,14-17H,2-3,13,18-20H2,1H3,(H,33,34). The Bertz CT molecular complexity index is 1360. The smallest absolute Gasteiger partial charge is 0.336 e. The molecule has 1 aromatic heterocycles. The Labute approximate surface area is 204 Å². The zero-order valence-corrected chi connectivity index (χ0v) is 19.8. The van der Waals surface area contributed by atoms with Gasteiger partial charge in [-0.3, -0.25) is 9.13 Å². The third kappa shape index (κ3) is 5.27. The average Bonchev–Trinajstić information content (AvgIpc) is 3.13. The lowest BCUT2D eigenvalue weighted by atomic mass is 9.99. The molecule has 4 aromatic rings. The van der Waals surface area contributed by atoms with E-state index in [-0.39, 0.29) is 11.3 Å². The van der Waals surface area contributed by atoms with Crippen LogP contribution >= 0.6 is 0 Å². The van der Waals surface area contributed by atoms with Crippen molar-refractivity contribution >= 4 is 5.97 Å². The van der Waals surface area contributed by atoms with Crippen molar-refractivity contribution in [1.82, 2.24) is 9.13 Å². The predicted molar refractivity (Wildman–Crippen MR) is 136 cm³/mol. The van der Waals surface area contributed by atoms with Gasteiger partial charge in [-0.2, -0.15) is 0 Å². The van der Waals surface area contributed by atoms with E-state index < -0.39 is 12.6 Å². The van der Waals surface area contributed by atoms with E-state index in [0.717, 1.165) is 35.2 Å². The molecular formula is C29H29FN2O3. The Kier molecular flexibility index (Phi) is 7.60. The number of rotatable bonds is 10. The minimum absolute atomic E-state index is 0.215. The van der Waals surface area contributed by atoms with E-state index in [4.69, 9.17) is 0 Å². The van der Waals surface area contributed by atoms with Crippen molar-refractivity contribution in [2.45, 2.75) is 46.0 Å². The monoisotopic (exact) mass is 472 g/mol. The predicted octanol–water partition coefficient (Wildman–Crippen LogP) is 5.92. The van der Waals surface area contributed by atoms with Gasteiger partial charge in [0.25, 0.3) is 0 Å². The minimum atomic E-state index is -0.977. The molecule has 0 aliphatic rings. The molecule has 1 heterocycles. The minimum Gasteiger partial charge on any atom is -0.478 e. The van der Waals surface area contributed by atoms with Crippen LogP contribution in [0.4, 0.5) is 4.39 Å². The largest absolute Gasteiger partial charge is 0.478 e. The van der Waals surface area contributed by atoms with Crippen LogP contribution in [0.15, 0.2) is 83.7 Å². The van der Waals surface area contributed by atoms with Crippen LogP contribution in [0.5, 0.6) is 0 Å². The fraction of sp³-hybridized carbons (Fsp3) is 0.241. The molecule has 5 nitrogen and oxygen atoms in total. The summed E-state index contributed by atoms with van der Waals surface area (Å²) >= 11 is 0. The molecule has 3 aromatic carbocycles. The summed E-state index contributed by atoms with van der Waals surface area (Å²) in [4.78, 5) is 25.0. The van der Waals surface area contributed by atoms with Crippen molar-refractivity contribution in [1.29, 1.82) is 0 Å². The van der Waals surface area contributed by atoms with Gasteiger partial charge >= 0.3 is 11.7 Å². The first kappa shape index (κ1) is 24.2. The zero-order valence-electron chi connectivity index (χ0n) is 19.8. The number of carboxylic acids is 1. The Morgan fingerprint density at radius 1 is 0.829 bits per heavy atom. The number of unbranched alkanes of at least 4 members (excludes halogenated alkanes) is 1. The molecular weight excluding hydrogens is 443 g/mol. The van der Waals surface area contributed by atoms with Gasteiger partial charge in [-0.1, -0.05) is 86.1 Å². The Hall–Kier alpha value is -3.93. The molecule has 4 rings (SSSR count). The zero-order chi connectivity index (χ0) is 24.8. The number of alkyl halides is 1. The van der Waals surface area contributed by atoms with Crippen LogP contribution < -0.4 is 5.69 Å². The van der Waals surface area contributed by atoms with E-state index in [2.05, 4.69) is 6.92 Å². The summed E-state index contributed by atoms with van der Waals surface area (Å²) in [7, 11) is 0. The van der Waals surface area contributed by atoms with Gasteiger partial charge in [0.15, 0.2) is 0 Å². The van der Waals surface area contributed by atoms with Crippen molar-refractivity contribution in [3.05, 3.63) is 117 Å². The second-order valence-electron chi connectivity index (χ2n) is 8.62. The van der Waals surface area contributed by atoms with E-state index in [0.29, 0.717) is 30.8 Å². The number of hydrogen-bond donors (Lipinski definition) is 1.